The Balaban J connectivity index is 1.65. The molecule has 2 aromatic heterocycles. The Kier molecular flexibility index (Phi) is 3.74. The predicted molar refractivity (Wildman–Crippen MR) is 91.4 cm³/mol. The van der Waals surface area contributed by atoms with E-state index in [4.69, 9.17) is 9.26 Å². The minimum absolute atomic E-state index is 0.115. The van der Waals surface area contributed by atoms with Crippen LogP contribution in [0.25, 0.3) is 22.3 Å². The molecule has 25 heavy (non-hydrogen) atoms. The van der Waals surface area contributed by atoms with E-state index in [1.807, 2.05) is 42.5 Å². The molecule has 0 unspecified atom stereocenters. The Labute approximate surface area is 142 Å². The van der Waals surface area contributed by atoms with E-state index in [1.165, 1.54) is 6.20 Å². The van der Waals surface area contributed by atoms with Gasteiger partial charge in [-0.05, 0) is 36.4 Å². The summed E-state index contributed by atoms with van der Waals surface area (Å²) in [6, 6.07) is 14.7. The van der Waals surface area contributed by atoms with Crippen LogP contribution < -0.4 is 10.2 Å². The van der Waals surface area contributed by atoms with Crippen LogP contribution in [0.15, 0.2) is 64.0 Å². The molecule has 7 nitrogen and oxygen atoms in total. The normalized spacial score (nSPS) is 10.9. The van der Waals surface area contributed by atoms with Crippen LogP contribution in [-0.4, -0.2) is 27.0 Å². The van der Waals surface area contributed by atoms with Gasteiger partial charge < -0.3 is 9.26 Å². The second-order valence-corrected chi connectivity index (χ2v) is 5.42. The van der Waals surface area contributed by atoms with E-state index >= 15 is 0 Å². The fourth-order valence-electron chi connectivity index (χ4n) is 2.59. The summed E-state index contributed by atoms with van der Waals surface area (Å²) in [5, 5.41) is 8.78. The Morgan fingerprint density at radius 1 is 1.12 bits per heavy atom. The lowest BCUT2D eigenvalue weighted by Gasteiger charge is -2.05. The Bertz CT molecular complexity index is 1080. The zero-order valence-electron chi connectivity index (χ0n) is 13.4. The molecule has 4 rings (SSSR count). The first-order chi connectivity index (χ1) is 12.2. The molecule has 0 bridgehead atoms. The van der Waals surface area contributed by atoms with Crippen molar-refractivity contribution >= 4 is 10.9 Å². The van der Waals surface area contributed by atoms with Crippen LogP contribution in [0, 0.1) is 0 Å². The van der Waals surface area contributed by atoms with Gasteiger partial charge in [-0.15, -0.1) is 0 Å². The van der Waals surface area contributed by atoms with Crippen molar-refractivity contribution in [1.29, 1.82) is 0 Å². The summed E-state index contributed by atoms with van der Waals surface area (Å²) in [6.45, 7) is 0.282. The summed E-state index contributed by atoms with van der Waals surface area (Å²) in [5.41, 5.74) is 1.43. The third-order valence-electron chi connectivity index (χ3n) is 3.86. The van der Waals surface area contributed by atoms with Crippen LogP contribution in [0.1, 0.15) is 5.89 Å². The van der Waals surface area contributed by atoms with Crippen LogP contribution in [0.3, 0.4) is 0 Å². The highest BCUT2D eigenvalue weighted by atomic mass is 16.5. The van der Waals surface area contributed by atoms with E-state index in [1.54, 1.807) is 17.9 Å². The molecule has 2 heterocycles. The van der Waals surface area contributed by atoms with E-state index in [9.17, 15) is 4.79 Å². The quantitative estimate of drug-likeness (QED) is 0.570. The van der Waals surface area contributed by atoms with E-state index in [0.29, 0.717) is 17.1 Å². The van der Waals surface area contributed by atoms with Crippen LogP contribution in [0.5, 0.6) is 5.75 Å². The Morgan fingerprint density at radius 2 is 1.92 bits per heavy atom. The van der Waals surface area contributed by atoms with E-state index in [2.05, 4.69) is 15.2 Å². The molecule has 0 aliphatic heterocycles. The van der Waals surface area contributed by atoms with Gasteiger partial charge in [-0.25, -0.2) is 0 Å². The fourth-order valence-corrected chi connectivity index (χ4v) is 2.59. The van der Waals surface area contributed by atoms with Crippen LogP contribution in [0.4, 0.5) is 0 Å². The van der Waals surface area contributed by atoms with Crippen molar-refractivity contribution in [2.45, 2.75) is 6.54 Å². The van der Waals surface area contributed by atoms with Gasteiger partial charge in [0.25, 0.3) is 0 Å². The summed E-state index contributed by atoms with van der Waals surface area (Å²) < 4.78 is 12.1. The van der Waals surface area contributed by atoms with E-state index < -0.39 is 0 Å². The first kappa shape index (κ1) is 15.1. The monoisotopic (exact) mass is 334 g/mol. The van der Waals surface area contributed by atoms with Crippen molar-refractivity contribution in [1.82, 2.24) is 19.9 Å². The second kappa shape index (κ2) is 6.20. The van der Waals surface area contributed by atoms with Gasteiger partial charge in [0.1, 0.15) is 12.3 Å². The lowest BCUT2D eigenvalue weighted by Crippen LogP contribution is -2.13. The molecule has 0 saturated carbocycles. The van der Waals surface area contributed by atoms with Gasteiger partial charge in [0.15, 0.2) is 0 Å². The molecule has 0 aliphatic rings. The summed E-state index contributed by atoms with van der Waals surface area (Å²) in [6.07, 6.45) is 1.29. The minimum Gasteiger partial charge on any atom is -0.497 e. The summed E-state index contributed by atoms with van der Waals surface area (Å²) in [7, 11) is 1.61. The maximum atomic E-state index is 11.9. The Hall–Kier alpha value is -3.48. The minimum atomic E-state index is -0.115. The molecular weight excluding hydrogens is 320 g/mol. The average Bonchev–Trinajstić information content (AvgIpc) is 3.13. The van der Waals surface area contributed by atoms with Gasteiger partial charge in [0, 0.05) is 10.9 Å². The number of rotatable bonds is 4. The highest BCUT2D eigenvalue weighted by Gasteiger charge is 2.11. The van der Waals surface area contributed by atoms with E-state index in [0.717, 1.165) is 16.8 Å². The topological polar surface area (TPSA) is 83.0 Å². The van der Waals surface area contributed by atoms with Crippen LogP contribution >= 0.6 is 0 Å². The van der Waals surface area contributed by atoms with Crippen molar-refractivity contribution in [2.75, 3.05) is 7.11 Å². The highest BCUT2D eigenvalue weighted by molar-refractivity contribution is 5.77. The molecule has 0 spiro atoms. The molecular formula is C18H14N4O3. The zero-order valence-corrected chi connectivity index (χ0v) is 13.4. The maximum Gasteiger partial charge on any atom is 0.248 e. The number of ether oxygens (including phenoxy) is 1. The largest absolute Gasteiger partial charge is 0.497 e. The van der Waals surface area contributed by atoms with Crippen LogP contribution in [0.2, 0.25) is 0 Å². The lowest BCUT2D eigenvalue weighted by atomic mass is 10.2. The Morgan fingerprint density at radius 3 is 2.72 bits per heavy atom. The van der Waals surface area contributed by atoms with Crippen LogP contribution in [-0.2, 0) is 6.54 Å². The molecule has 124 valence electrons. The standard InChI is InChI=1S/C18H14N4O3/c1-24-13-8-6-12(7-9-13)18-20-17(25-21-18)11-22-15-5-3-2-4-14(15)16(23)10-19-22/h2-10H,11H2,1H3. The molecule has 0 amide bonds. The smallest absolute Gasteiger partial charge is 0.248 e. The highest BCUT2D eigenvalue weighted by Crippen LogP contribution is 2.20. The molecule has 0 N–H and O–H groups in total. The van der Waals surface area contributed by atoms with Crippen molar-refractivity contribution in [3.8, 4) is 17.1 Å². The predicted octanol–water partition coefficient (Wildman–Crippen LogP) is 2.50. The molecule has 0 aliphatic carbocycles. The van der Waals surface area contributed by atoms with Crippen molar-refractivity contribution in [3.63, 3.8) is 0 Å². The van der Waals surface area contributed by atoms with Crippen molar-refractivity contribution in [3.05, 3.63) is 70.8 Å². The molecule has 4 aromatic rings. The molecule has 0 atom stereocenters. The first-order valence-electron chi connectivity index (χ1n) is 7.66. The number of nitrogens with zero attached hydrogens (tertiary/aromatic N) is 4. The summed E-state index contributed by atoms with van der Waals surface area (Å²) in [5.74, 6) is 1.66. The number of aromatic nitrogens is 4. The maximum absolute atomic E-state index is 11.9. The number of benzene rings is 2. The number of hydrogen-bond acceptors (Lipinski definition) is 6. The molecule has 7 heteroatoms. The van der Waals surface area contributed by atoms with E-state index in [-0.39, 0.29) is 12.0 Å². The average molecular weight is 334 g/mol. The molecule has 2 aromatic carbocycles. The van der Waals surface area contributed by atoms with Gasteiger partial charge in [-0.2, -0.15) is 10.1 Å². The molecule has 0 fully saturated rings. The number of hydrogen-bond donors (Lipinski definition) is 0. The molecule has 0 saturated heterocycles. The number of fused-ring (bicyclic) bond motifs is 1. The fraction of sp³-hybridized carbons (Fsp3) is 0.111. The SMILES string of the molecule is COc1ccc(-c2noc(Cn3ncc(=O)c4ccccc43)n2)cc1. The summed E-state index contributed by atoms with van der Waals surface area (Å²) in [4.78, 5) is 16.3. The van der Waals surface area contributed by atoms with Gasteiger partial charge in [-0.1, -0.05) is 17.3 Å². The third kappa shape index (κ3) is 2.87. The second-order valence-electron chi connectivity index (χ2n) is 5.42. The molecule has 0 radical (unpaired) electrons. The first-order valence-corrected chi connectivity index (χ1v) is 7.66. The zero-order chi connectivity index (χ0) is 17.2. The van der Waals surface area contributed by atoms with Crippen molar-refractivity contribution in [2.24, 2.45) is 0 Å². The van der Waals surface area contributed by atoms with Gasteiger partial charge in [0.05, 0.1) is 18.8 Å². The van der Waals surface area contributed by atoms with Gasteiger partial charge >= 0.3 is 0 Å². The third-order valence-corrected chi connectivity index (χ3v) is 3.86. The van der Waals surface area contributed by atoms with Gasteiger partial charge in [0.2, 0.25) is 17.1 Å². The van der Waals surface area contributed by atoms with Crippen molar-refractivity contribution < 1.29 is 9.26 Å². The van der Waals surface area contributed by atoms with Gasteiger partial charge in [-0.3, -0.25) is 9.48 Å². The number of methoxy groups -OCH3 is 1. The summed E-state index contributed by atoms with van der Waals surface area (Å²) >= 11 is 0. The lowest BCUT2D eigenvalue weighted by molar-refractivity contribution is 0.367. The number of para-hydroxylation sites is 1.